The fourth-order valence-electron chi connectivity index (χ4n) is 2.37. The molecule has 1 aliphatic rings. The summed E-state index contributed by atoms with van der Waals surface area (Å²) in [6, 6.07) is 9.04. The molecule has 0 aromatic heterocycles. The third kappa shape index (κ3) is 3.92. The zero-order valence-electron chi connectivity index (χ0n) is 11.0. The van der Waals surface area contributed by atoms with Crippen molar-refractivity contribution in [1.82, 2.24) is 4.90 Å². The van der Waals surface area contributed by atoms with Crippen molar-refractivity contribution in [3.8, 4) is 0 Å². The van der Waals surface area contributed by atoms with E-state index in [4.69, 9.17) is 10.5 Å². The fraction of sp³-hybridized carbons (Fsp3) is 0.500. The Bertz CT molecular complexity index is 436. The molecule has 19 heavy (non-hydrogen) atoms. The number of piperidine rings is 1. The van der Waals surface area contributed by atoms with Gasteiger partial charge in [0.15, 0.2) is 0 Å². The number of benzene rings is 1. The number of hydrogen-bond donors (Lipinski definition) is 1. The van der Waals surface area contributed by atoms with Gasteiger partial charge < -0.3 is 15.4 Å². The summed E-state index contributed by atoms with van der Waals surface area (Å²) in [4.78, 5) is 13.2. The Kier molecular flexibility index (Phi) is 4.04. The van der Waals surface area contributed by atoms with Crippen LogP contribution in [0.1, 0.15) is 18.9 Å². The highest BCUT2D eigenvalue weighted by molar-refractivity contribution is 5.68. The summed E-state index contributed by atoms with van der Waals surface area (Å²) in [5, 5.41) is 0. The van der Waals surface area contributed by atoms with Crippen molar-refractivity contribution in [2.45, 2.75) is 31.7 Å². The molecule has 2 atom stereocenters. The Labute approximate surface area is 112 Å². The van der Waals surface area contributed by atoms with Crippen LogP contribution in [0.5, 0.6) is 0 Å². The lowest BCUT2D eigenvalue weighted by atomic mass is 9.94. The number of hydrogen-bond acceptors (Lipinski definition) is 3. The largest absolute Gasteiger partial charge is 0.445 e. The van der Waals surface area contributed by atoms with E-state index in [-0.39, 0.29) is 25.6 Å². The van der Waals surface area contributed by atoms with Crippen LogP contribution >= 0.6 is 0 Å². The molecule has 0 aliphatic carbocycles. The van der Waals surface area contributed by atoms with E-state index in [9.17, 15) is 9.18 Å². The molecule has 0 unspecified atom stereocenters. The molecule has 2 rings (SSSR count). The molecule has 4 nitrogen and oxygen atoms in total. The van der Waals surface area contributed by atoms with Gasteiger partial charge in [0.1, 0.15) is 12.3 Å². The van der Waals surface area contributed by atoms with E-state index in [0.29, 0.717) is 6.54 Å². The number of alkyl halides is 1. The van der Waals surface area contributed by atoms with E-state index in [0.717, 1.165) is 5.56 Å². The number of halogens is 1. The molecule has 1 aliphatic heterocycles. The maximum absolute atomic E-state index is 14.0. The predicted molar refractivity (Wildman–Crippen MR) is 70.3 cm³/mol. The van der Waals surface area contributed by atoms with Gasteiger partial charge in [-0.1, -0.05) is 30.3 Å². The summed E-state index contributed by atoms with van der Waals surface area (Å²) in [7, 11) is 0. The molecule has 104 valence electrons. The quantitative estimate of drug-likeness (QED) is 0.891. The zero-order valence-corrected chi connectivity index (χ0v) is 11.0. The number of ether oxygens (including phenoxy) is 1. The van der Waals surface area contributed by atoms with Gasteiger partial charge in [-0.05, 0) is 18.9 Å². The summed E-state index contributed by atoms with van der Waals surface area (Å²) in [6.07, 6.45) is -0.238. The number of nitrogens with zero attached hydrogens (tertiary/aromatic N) is 1. The highest BCUT2D eigenvalue weighted by atomic mass is 19.1. The van der Waals surface area contributed by atoms with Crippen LogP contribution in [-0.4, -0.2) is 35.8 Å². The average Bonchev–Trinajstić information content (AvgIpc) is 2.34. The number of carbonyl (C=O) groups excluding carboxylic acids is 1. The van der Waals surface area contributed by atoms with Crippen molar-refractivity contribution in [3.05, 3.63) is 35.9 Å². The zero-order chi connectivity index (χ0) is 13.9. The van der Waals surface area contributed by atoms with Crippen LogP contribution in [0.4, 0.5) is 9.18 Å². The van der Waals surface area contributed by atoms with Gasteiger partial charge in [0.05, 0.1) is 6.54 Å². The molecule has 1 heterocycles. The lowest BCUT2D eigenvalue weighted by Crippen LogP contribution is -2.54. The second-order valence-electron chi connectivity index (χ2n) is 5.30. The van der Waals surface area contributed by atoms with Gasteiger partial charge in [-0.3, -0.25) is 0 Å². The van der Waals surface area contributed by atoms with Crippen molar-refractivity contribution in [1.29, 1.82) is 0 Å². The average molecular weight is 266 g/mol. The Hall–Kier alpha value is -1.62. The Balaban J connectivity index is 1.89. The lowest BCUT2D eigenvalue weighted by Gasteiger charge is -2.37. The summed E-state index contributed by atoms with van der Waals surface area (Å²) in [5.74, 6) is 0. The van der Waals surface area contributed by atoms with Gasteiger partial charge >= 0.3 is 6.09 Å². The number of likely N-dealkylation sites (tertiary alicyclic amines) is 1. The molecule has 2 N–H and O–H groups in total. The summed E-state index contributed by atoms with van der Waals surface area (Å²) in [6.45, 7) is 2.03. The SMILES string of the molecule is C[C@]1(F)C[C@H](N)CN(C(=O)OCc2ccccc2)C1. The monoisotopic (exact) mass is 266 g/mol. The van der Waals surface area contributed by atoms with Crippen molar-refractivity contribution < 1.29 is 13.9 Å². The van der Waals surface area contributed by atoms with Crippen LogP contribution in [-0.2, 0) is 11.3 Å². The molecule has 1 aromatic carbocycles. The molecule has 0 bridgehead atoms. The first-order valence-corrected chi connectivity index (χ1v) is 6.36. The molecular weight excluding hydrogens is 247 g/mol. The molecule has 1 fully saturated rings. The van der Waals surface area contributed by atoms with Crippen molar-refractivity contribution >= 4 is 6.09 Å². The molecule has 5 heteroatoms. The minimum absolute atomic E-state index is 0.0360. The number of rotatable bonds is 2. The Morgan fingerprint density at radius 3 is 2.84 bits per heavy atom. The smallest absolute Gasteiger partial charge is 0.410 e. The third-order valence-electron chi connectivity index (χ3n) is 3.13. The van der Waals surface area contributed by atoms with Gasteiger partial charge in [-0.15, -0.1) is 0 Å². The van der Waals surface area contributed by atoms with Gasteiger partial charge in [0.25, 0.3) is 0 Å². The van der Waals surface area contributed by atoms with Crippen LogP contribution in [0.25, 0.3) is 0 Å². The first kappa shape index (κ1) is 13.8. The summed E-state index contributed by atoms with van der Waals surface area (Å²) >= 11 is 0. The molecule has 0 spiro atoms. The van der Waals surface area contributed by atoms with E-state index < -0.39 is 11.8 Å². The standard InChI is InChI=1S/C14H19FN2O2/c1-14(15)7-12(16)8-17(10-14)13(18)19-9-11-5-3-2-4-6-11/h2-6,12H,7-10,16H2,1H3/t12-,14-/m0/s1. The minimum Gasteiger partial charge on any atom is -0.445 e. The van der Waals surface area contributed by atoms with Gasteiger partial charge in [0, 0.05) is 12.6 Å². The van der Waals surface area contributed by atoms with E-state index in [2.05, 4.69) is 0 Å². The maximum Gasteiger partial charge on any atom is 0.410 e. The van der Waals surface area contributed by atoms with E-state index in [1.807, 2.05) is 30.3 Å². The first-order chi connectivity index (χ1) is 8.96. The molecule has 0 radical (unpaired) electrons. The van der Waals surface area contributed by atoms with Crippen molar-refractivity contribution in [2.75, 3.05) is 13.1 Å². The van der Waals surface area contributed by atoms with Crippen molar-refractivity contribution in [2.24, 2.45) is 5.73 Å². The first-order valence-electron chi connectivity index (χ1n) is 6.36. The van der Waals surface area contributed by atoms with Crippen LogP contribution in [0, 0.1) is 0 Å². The van der Waals surface area contributed by atoms with Crippen LogP contribution in [0.15, 0.2) is 30.3 Å². The lowest BCUT2D eigenvalue weighted by molar-refractivity contribution is 0.0312. The highest BCUT2D eigenvalue weighted by Crippen LogP contribution is 2.24. The molecule has 1 amide bonds. The topological polar surface area (TPSA) is 55.6 Å². The highest BCUT2D eigenvalue weighted by Gasteiger charge is 2.37. The van der Waals surface area contributed by atoms with Crippen molar-refractivity contribution in [3.63, 3.8) is 0 Å². The van der Waals surface area contributed by atoms with Crippen LogP contribution in [0.2, 0.25) is 0 Å². The van der Waals surface area contributed by atoms with E-state index >= 15 is 0 Å². The van der Waals surface area contributed by atoms with Crippen LogP contribution in [0.3, 0.4) is 0 Å². The Morgan fingerprint density at radius 1 is 1.53 bits per heavy atom. The maximum atomic E-state index is 14.0. The second-order valence-corrected chi connectivity index (χ2v) is 5.30. The third-order valence-corrected chi connectivity index (χ3v) is 3.13. The molecular formula is C14H19FN2O2. The molecule has 1 aromatic rings. The van der Waals surface area contributed by atoms with E-state index in [1.54, 1.807) is 0 Å². The molecule has 1 saturated heterocycles. The summed E-state index contributed by atoms with van der Waals surface area (Å²) < 4.78 is 19.1. The predicted octanol–water partition coefficient (Wildman–Crippen LogP) is 2.08. The Morgan fingerprint density at radius 2 is 2.21 bits per heavy atom. The fourth-order valence-corrected chi connectivity index (χ4v) is 2.37. The number of carbonyl (C=O) groups is 1. The van der Waals surface area contributed by atoms with Gasteiger partial charge in [-0.2, -0.15) is 0 Å². The van der Waals surface area contributed by atoms with Crippen LogP contribution < -0.4 is 5.73 Å². The van der Waals surface area contributed by atoms with Gasteiger partial charge in [-0.25, -0.2) is 9.18 Å². The van der Waals surface area contributed by atoms with E-state index in [1.165, 1.54) is 11.8 Å². The molecule has 0 saturated carbocycles. The number of nitrogens with two attached hydrogens (primary N) is 1. The minimum atomic E-state index is -1.44. The second kappa shape index (κ2) is 5.57. The number of amides is 1. The normalized spacial score (nSPS) is 27.1. The van der Waals surface area contributed by atoms with Gasteiger partial charge in [0.2, 0.25) is 0 Å². The summed E-state index contributed by atoms with van der Waals surface area (Å²) in [5.41, 5.74) is 5.22.